The Morgan fingerprint density at radius 1 is 1.12 bits per heavy atom. The maximum atomic E-state index is 13.6. The van der Waals surface area contributed by atoms with Gasteiger partial charge in [-0.3, -0.25) is 9.78 Å². The molecule has 1 saturated carbocycles. The number of hydrogen-bond donors (Lipinski definition) is 0. The summed E-state index contributed by atoms with van der Waals surface area (Å²) in [6, 6.07) is 12.4. The maximum Gasteiger partial charge on any atom is 0.160 e. The molecule has 0 aliphatic heterocycles. The molecule has 2 aromatic heterocycles. The van der Waals surface area contributed by atoms with Crippen LogP contribution in [0.5, 0.6) is 0 Å². The molecule has 160 valence electrons. The van der Waals surface area contributed by atoms with Crippen molar-refractivity contribution in [1.82, 2.24) is 15.0 Å². The molecule has 0 N–H and O–H groups in total. The van der Waals surface area contributed by atoms with E-state index in [0.717, 1.165) is 46.6 Å². The standard InChI is InChI=1S/C26H23FN4O/c1-14-11-17(9-10-29-14)26-30-23(16-3-5-19(27)6-4-16)21-8-7-20-15(2)25(32)18(13-28)12-22(20)24(21)31-26/h3-6,9-11,15,18,20,22H,7-8,12H2,1-2H3. The van der Waals surface area contributed by atoms with Gasteiger partial charge in [-0.2, -0.15) is 5.26 Å². The molecule has 0 saturated heterocycles. The summed E-state index contributed by atoms with van der Waals surface area (Å²) in [4.78, 5) is 26.9. The van der Waals surface area contributed by atoms with Gasteiger partial charge in [-0.05, 0) is 68.5 Å². The lowest BCUT2D eigenvalue weighted by molar-refractivity contribution is -0.129. The first-order valence-electron chi connectivity index (χ1n) is 11.0. The summed E-state index contributed by atoms with van der Waals surface area (Å²) in [5.41, 5.74) is 5.35. The minimum atomic E-state index is -0.604. The van der Waals surface area contributed by atoms with Crippen LogP contribution in [0.15, 0.2) is 42.6 Å². The van der Waals surface area contributed by atoms with Crippen molar-refractivity contribution >= 4 is 5.78 Å². The Morgan fingerprint density at radius 3 is 2.62 bits per heavy atom. The smallest absolute Gasteiger partial charge is 0.160 e. The normalized spacial score (nSPS) is 24.4. The number of ketones is 1. The van der Waals surface area contributed by atoms with E-state index in [-0.39, 0.29) is 29.4 Å². The van der Waals surface area contributed by atoms with E-state index in [1.54, 1.807) is 18.3 Å². The Bertz CT molecular complexity index is 1250. The van der Waals surface area contributed by atoms with E-state index in [2.05, 4.69) is 11.1 Å². The Balaban J connectivity index is 1.72. The largest absolute Gasteiger partial charge is 0.298 e. The fourth-order valence-corrected chi connectivity index (χ4v) is 5.33. The average molecular weight is 426 g/mol. The second-order valence-corrected chi connectivity index (χ2v) is 8.87. The van der Waals surface area contributed by atoms with Crippen molar-refractivity contribution in [2.24, 2.45) is 17.8 Å². The molecule has 0 spiro atoms. The van der Waals surface area contributed by atoms with Crippen molar-refractivity contribution in [2.45, 2.75) is 39.0 Å². The van der Waals surface area contributed by atoms with Crippen LogP contribution < -0.4 is 0 Å². The molecule has 3 aromatic rings. The van der Waals surface area contributed by atoms with E-state index < -0.39 is 5.92 Å². The lowest BCUT2D eigenvalue weighted by atomic mass is 9.62. The van der Waals surface area contributed by atoms with Crippen LogP contribution in [0.25, 0.3) is 22.6 Å². The minimum Gasteiger partial charge on any atom is -0.298 e. The molecule has 0 bridgehead atoms. The Hall–Kier alpha value is -3.46. The van der Waals surface area contributed by atoms with Crippen LogP contribution in [-0.4, -0.2) is 20.7 Å². The molecule has 0 amide bonds. The molecular formula is C26H23FN4O. The molecule has 5 rings (SSSR count). The van der Waals surface area contributed by atoms with E-state index in [1.165, 1.54) is 12.1 Å². The van der Waals surface area contributed by atoms with Gasteiger partial charge < -0.3 is 0 Å². The molecule has 0 radical (unpaired) electrons. The zero-order chi connectivity index (χ0) is 22.4. The number of carbonyl (C=O) groups excluding carboxylic acids is 1. The second kappa shape index (κ2) is 7.90. The third-order valence-corrected chi connectivity index (χ3v) is 6.99. The fourth-order valence-electron chi connectivity index (χ4n) is 5.33. The Morgan fingerprint density at radius 2 is 1.91 bits per heavy atom. The van der Waals surface area contributed by atoms with Gasteiger partial charge in [0.25, 0.3) is 0 Å². The molecule has 2 aliphatic carbocycles. The van der Waals surface area contributed by atoms with Crippen LogP contribution in [0.1, 0.15) is 42.6 Å². The summed E-state index contributed by atoms with van der Waals surface area (Å²) in [6.07, 6.45) is 3.84. The first kappa shape index (κ1) is 20.4. The van der Waals surface area contributed by atoms with Crippen molar-refractivity contribution in [2.75, 3.05) is 0 Å². The van der Waals surface area contributed by atoms with Gasteiger partial charge >= 0.3 is 0 Å². The zero-order valence-corrected chi connectivity index (χ0v) is 18.0. The van der Waals surface area contributed by atoms with Crippen LogP contribution in [-0.2, 0) is 11.2 Å². The van der Waals surface area contributed by atoms with Crippen molar-refractivity contribution in [3.05, 3.63) is 65.4 Å². The molecular weight excluding hydrogens is 403 g/mol. The highest BCUT2D eigenvalue weighted by atomic mass is 19.1. The number of nitrogens with zero attached hydrogens (tertiary/aromatic N) is 4. The van der Waals surface area contributed by atoms with Crippen molar-refractivity contribution < 1.29 is 9.18 Å². The van der Waals surface area contributed by atoms with Gasteiger partial charge in [-0.1, -0.05) is 6.92 Å². The number of carbonyl (C=O) groups is 1. The number of halogens is 1. The third kappa shape index (κ3) is 3.38. The molecule has 6 heteroatoms. The quantitative estimate of drug-likeness (QED) is 0.573. The van der Waals surface area contributed by atoms with Gasteiger partial charge in [-0.15, -0.1) is 0 Å². The summed E-state index contributed by atoms with van der Waals surface area (Å²) in [5.74, 6) is -0.224. The molecule has 32 heavy (non-hydrogen) atoms. The molecule has 1 aromatic carbocycles. The number of Topliss-reactive ketones (excluding diaryl/α,β-unsaturated/α-hetero) is 1. The summed E-state index contributed by atoms with van der Waals surface area (Å²) in [6.45, 7) is 3.87. The summed E-state index contributed by atoms with van der Waals surface area (Å²) in [5, 5.41) is 9.59. The number of aryl methyl sites for hydroxylation is 1. The monoisotopic (exact) mass is 426 g/mol. The highest BCUT2D eigenvalue weighted by Gasteiger charge is 2.46. The number of nitriles is 1. The van der Waals surface area contributed by atoms with Gasteiger partial charge in [0.15, 0.2) is 11.6 Å². The molecule has 4 unspecified atom stereocenters. The summed E-state index contributed by atoms with van der Waals surface area (Å²) in [7, 11) is 0. The summed E-state index contributed by atoms with van der Waals surface area (Å²) >= 11 is 0. The van der Waals surface area contributed by atoms with Crippen LogP contribution in [0.2, 0.25) is 0 Å². The topological polar surface area (TPSA) is 79.5 Å². The first-order valence-corrected chi connectivity index (χ1v) is 11.0. The van der Waals surface area contributed by atoms with Crippen LogP contribution >= 0.6 is 0 Å². The summed E-state index contributed by atoms with van der Waals surface area (Å²) < 4.78 is 13.6. The fraction of sp³-hybridized carbons (Fsp3) is 0.346. The van der Waals surface area contributed by atoms with E-state index in [1.807, 2.05) is 26.0 Å². The van der Waals surface area contributed by atoms with Gasteiger partial charge in [0, 0.05) is 40.4 Å². The lowest BCUT2D eigenvalue weighted by Crippen LogP contribution is -2.40. The predicted molar refractivity (Wildman–Crippen MR) is 118 cm³/mol. The highest BCUT2D eigenvalue weighted by Crippen LogP contribution is 2.49. The molecule has 1 fully saturated rings. The number of fused-ring (bicyclic) bond motifs is 3. The predicted octanol–water partition coefficient (Wildman–Crippen LogP) is 5.05. The van der Waals surface area contributed by atoms with Crippen molar-refractivity contribution in [3.63, 3.8) is 0 Å². The number of hydrogen-bond acceptors (Lipinski definition) is 5. The average Bonchev–Trinajstić information content (AvgIpc) is 2.81. The lowest BCUT2D eigenvalue weighted by Gasteiger charge is -2.41. The molecule has 2 aliphatic rings. The van der Waals surface area contributed by atoms with Crippen LogP contribution in [0.3, 0.4) is 0 Å². The number of pyridine rings is 1. The van der Waals surface area contributed by atoms with Gasteiger partial charge in [-0.25, -0.2) is 14.4 Å². The van der Waals surface area contributed by atoms with Crippen LogP contribution in [0, 0.1) is 41.8 Å². The van der Waals surface area contributed by atoms with Gasteiger partial charge in [0.2, 0.25) is 0 Å². The minimum absolute atomic E-state index is 0.0278. The van der Waals surface area contributed by atoms with Crippen molar-refractivity contribution in [3.8, 4) is 28.7 Å². The second-order valence-electron chi connectivity index (χ2n) is 8.87. The van der Waals surface area contributed by atoms with E-state index in [9.17, 15) is 14.4 Å². The number of aromatic nitrogens is 3. The number of benzene rings is 1. The van der Waals surface area contributed by atoms with E-state index in [0.29, 0.717) is 12.2 Å². The van der Waals surface area contributed by atoms with E-state index in [4.69, 9.17) is 9.97 Å². The zero-order valence-electron chi connectivity index (χ0n) is 18.0. The molecule has 4 atom stereocenters. The molecule has 2 heterocycles. The third-order valence-electron chi connectivity index (χ3n) is 6.99. The van der Waals surface area contributed by atoms with Crippen LogP contribution in [0.4, 0.5) is 4.39 Å². The SMILES string of the molecule is Cc1cc(-c2nc(-c3ccc(F)cc3)c3c(n2)C2CC(C#N)C(=O)C(C)C2CC3)ccn1. The first-order chi connectivity index (χ1) is 15.5. The van der Waals surface area contributed by atoms with E-state index >= 15 is 0 Å². The van der Waals surface area contributed by atoms with Gasteiger partial charge in [0.05, 0.1) is 17.5 Å². The maximum absolute atomic E-state index is 13.6. The molecule has 5 nitrogen and oxygen atoms in total. The number of rotatable bonds is 2. The Kier molecular flexibility index (Phi) is 5.05. The van der Waals surface area contributed by atoms with Crippen molar-refractivity contribution in [1.29, 1.82) is 5.26 Å². The Labute approximate surface area is 186 Å². The highest BCUT2D eigenvalue weighted by molar-refractivity contribution is 5.87. The van der Waals surface area contributed by atoms with Gasteiger partial charge in [0.1, 0.15) is 11.7 Å².